The Hall–Kier alpha value is -3.47. The smallest absolute Gasteiger partial charge is 0.283 e. The number of rotatable bonds is 3. The van der Waals surface area contributed by atoms with E-state index in [1.807, 2.05) is 0 Å². The summed E-state index contributed by atoms with van der Waals surface area (Å²) in [4.78, 5) is 58.3. The van der Waals surface area contributed by atoms with E-state index in [1.165, 1.54) is 12.1 Å². The molecule has 136 valence electrons. The number of imide groups is 1. The van der Waals surface area contributed by atoms with Crippen molar-refractivity contribution in [3.05, 3.63) is 71.7 Å². The lowest BCUT2D eigenvalue weighted by Crippen LogP contribution is -2.35. The van der Waals surface area contributed by atoms with E-state index in [4.69, 9.17) is 0 Å². The van der Waals surface area contributed by atoms with E-state index in [-0.39, 0.29) is 11.3 Å². The summed E-state index contributed by atoms with van der Waals surface area (Å²) in [6.07, 6.45) is 0. The van der Waals surface area contributed by atoms with Gasteiger partial charge in [0.2, 0.25) is 0 Å². The molecule has 3 rings (SSSR count). The van der Waals surface area contributed by atoms with Crippen molar-refractivity contribution in [1.29, 1.82) is 0 Å². The highest BCUT2D eigenvalue weighted by molar-refractivity contribution is 9.10. The normalized spacial score (nSPS) is 12.9. The van der Waals surface area contributed by atoms with Gasteiger partial charge in [-0.1, -0.05) is 11.6 Å². The van der Waals surface area contributed by atoms with Crippen LogP contribution >= 0.6 is 15.9 Å². The zero-order valence-electron chi connectivity index (χ0n) is 13.5. The van der Waals surface area contributed by atoms with Crippen LogP contribution in [-0.2, 0) is 4.79 Å². The van der Waals surface area contributed by atoms with Crippen LogP contribution in [0.4, 0.5) is 17.1 Å². The highest BCUT2D eigenvalue weighted by atomic mass is 79.9. The van der Waals surface area contributed by atoms with Gasteiger partial charge in [-0.3, -0.25) is 34.6 Å². The number of benzene rings is 2. The average molecular weight is 434 g/mol. The van der Waals surface area contributed by atoms with Crippen molar-refractivity contribution in [2.45, 2.75) is 6.92 Å². The number of nitro benzene ring substituents is 2. The Labute approximate surface area is 158 Å². The van der Waals surface area contributed by atoms with Crippen LogP contribution in [0.1, 0.15) is 26.3 Å². The van der Waals surface area contributed by atoms with Gasteiger partial charge in [0.1, 0.15) is 0 Å². The summed E-state index contributed by atoms with van der Waals surface area (Å²) in [5, 5.41) is 22.3. The second-order valence-electron chi connectivity index (χ2n) is 5.64. The van der Waals surface area contributed by atoms with Gasteiger partial charge in [-0.2, -0.15) is 0 Å². The molecule has 2 aromatic rings. The number of aryl methyl sites for hydroxylation is 1. The van der Waals surface area contributed by atoms with Crippen molar-refractivity contribution in [2.24, 2.45) is 0 Å². The number of hydrogen-bond donors (Lipinski definition) is 0. The van der Waals surface area contributed by atoms with Crippen LogP contribution in [0.2, 0.25) is 0 Å². The quantitative estimate of drug-likeness (QED) is 0.313. The zero-order valence-corrected chi connectivity index (χ0v) is 15.1. The second kappa shape index (κ2) is 6.36. The van der Waals surface area contributed by atoms with E-state index >= 15 is 0 Å². The molecule has 0 fully saturated rings. The fourth-order valence-electron chi connectivity index (χ4n) is 2.67. The predicted octanol–water partition coefficient (Wildman–Crippen LogP) is 2.94. The minimum Gasteiger partial charge on any atom is -0.283 e. The lowest BCUT2D eigenvalue weighted by atomic mass is 10.1. The summed E-state index contributed by atoms with van der Waals surface area (Å²) in [5.41, 5.74) is -1.15. The first kappa shape index (κ1) is 18.3. The highest BCUT2D eigenvalue weighted by Gasteiger charge is 2.41. The van der Waals surface area contributed by atoms with Gasteiger partial charge in [0, 0.05) is 12.1 Å². The lowest BCUT2D eigenvalue weighted by molar-refractivity contribution is -0.395. The summed E-state index contributed by atoms with van der Waals surface area (Å²) < 4.78 is -0.408. The van der Waals surface area contributed by atoms with Crippen LogP contribution in [0, 0.1) is 27.2 Å². The highest BCUT2D eigenvalue weighted by Crippen LogP contribution is 2.37. The van der Waals surface area contributed by atoms with Crippen LogP contribution in [0.25, 0.3) is 0 Å². The molecular weight excluding hydrogens is 426 g/mol. The van der Waals surface area contributed by atoms with Crippen molar-refractivity contribution >= 4 is 50.6 Å². The first-order chi connectivity index (χ1) is 12.6. The summed E-state index contributed by atoms with van der Waals surface area (Å²) >= 11 is 2.78. The number of nitro groups is 2. The van der Waals surface area contributed by atoms with Crippen molar-refractivity contribution in [2.75, 3.05) is 4.90 Å². The molecule has 0 unspecified atom stereocenters. The fourth-order valence-corrected chi connectivity index (χ4v) is 3.19. The third-order valence-corrected chi connectivity index (χ3v) is 4.73. The van der Waals surface area contributed by atoms with Crippen LogP contribution in [0.3, 0.4) is 0 Å². The Kier molecular flexibility index (Phi) is 4.31. The molecule has 0 atom stereocenters. The Bertz CT molecular complexity index is 1040. The summed E-state index contributed by atoms with van der Waals surface area (Å²) in [7, 11) is 0. The van der Waals surface area contributed by atoms with Gasteiger partial charge in [0.05, 0.1) is 26.7 Å². The molecular formula is C16H8BrN3O7. The number of ketones is 1. The first-order valence-corrected chi connectivity index (χ1v) is 8.09. The Morgan fingerprint density at radius 2 is 1.59 bits per heavy atom. The summed E-state index contributed by atoms with van der Waals surface area (Å²) in [5.74, 6) is -3.10. The van der Waals surface area contributed by atoms with Gasteiger partial charge in [-0.25, -0.2) is 4.90 Å². The first-order valence-electron chi connectivity index (χ1n) is 7.29. The molecule has 0 aliphatic carbocycles. The van der Waals surface area contributed by atoms with E-state index in [0.29, 0.717) is 10.5 Å². The summed E-state index contributed by atoms with van der Waals surface area (Å²) in [6, 6.07) is 6.03. The topological polar surface area (TPSA) is 141 Å². The van der Waals surface area contributed by atoms with Crippen molar-refractivity contribution in [1.82, 2.24) is 0 Å². The van der Waals surface area contributed by atoms with Gasteiger partial charge < -0.3 is 0 Å². The standard InChI is InChI=1S/C16H8BrN3O7/c1-7-2-3-10-9(4-7)14(21)16(23)18(10)15(22)8-5-11(19(24)25)13(17)12(6-8)20(26)27/h2-6H,1H3. The Balaban J connectivity index is 2.17. The largest absolute Gasteiger partial charge is 0.306 e. The van der Waals surface area contributed by atoms with Crippen molar-refractivity contribution in [3.8, 4) is 0 Å². The lowest BCUT2D eigenvalue weighted by Gasteiger charge is -2.15. The molecule has 27 heavy (non-hydrogen) atoms. The number of anilines is 1. The third-order valence-electron chi connectivity index (χ3n) is 3.91. The van der Waals surface area contributed by atoms with E-state index in [1.54, 1.807) is 13.0 Å². The molecule has 0 saturated heterocycles. The molecule has 1 aliphatic rings. The van der Waals surface area contributed by atoms with Crippen molar-refractivity contribution < 1.29 is 24.2 Å². The van der Waals surface area contributed by atoms with E-state index in [2.05, 4.69) is 15.9 Å². The number of nitrogens with zero attached hydrogens (tertiary/aromatic N) is 3. The Morgan fingerprint density at radius 1 is 1.04 bits per heavy atom. The minimum atomic E-state index is -1.13. The van der Waals surface area contributed by atoms with Crippen molar-refractivity contribution in [3.63, 3.8) is 0 Å². The van der Waals surface area contributed by atoms with E-state index < -0.39 is 48.9 Å². The molecule has 2 aromatic carbocycles. The van der Waals surface area contributed by atoms with Gasteiger partial charge in [0.25, 0.3) is 23.1 Å². The second-order valence-corrected chi connectivity index (χ2v) is 6.43. The maximum absolute atomic E-state index is 12.8. The fraction of sp³-hybridized carbons (Fsp3) is 0.0625. The van der Waals surface area contributed by atoms with Crippen LogP contribution in [0.5, 0.6) is 0 Å². The number of Topliss-reactive ketones (excluding diaryl/α,β-unsaturated/α-hetero) is 1. The van der Waals surface area contributed by atoms with E-state index in [0.717, 1.165) is 12.1 Å². The maximum Gasteiger partial charge on any atom is 0.306 e. The molecule has 0 saturated carbocycles. The maximum atomic E-state index is 12.8. The molecule has 10 nitrogen and oxygen atoms in total. The van der Waals surface area contributed by atoms with Gasteiger partial charge >= 0.3 is 5.91 Å². The van der Waals surface area contributed by atoms with Crippen LogP contribution < -0.4 is 4.90 Å². The van der Waals surface area contributed by atoms with Crippen LogP contribution in [-0.4, -0.2) is 27.4 Å². The molecule has 0 bridgehead atoms. The molecule has 0 spiro atoms. The summed E-state index contributed by atoms with van der Waals surface area (Å²) in [6.45, 7) is 1.70. The molecule has 1 heterocycles. The average Bonchev–Trinajstić information content (AvgIpc) is 2.85. The number of amides is 2. The van der Waals surface area contributed by atoms with E-state index in [9.17, 15) is 34.6 Å². The van der Waals surface area contributed by atoms with Gasteiger partial charge in [-0.15, -0.1) is 0 Å². The van der Waals surface area contributed by atoms with Crippen LogP contribution in [0.15, 0.2) is 34.8 Å². The minimum absolute atomic E-state index is 0.0221. The zero-order chi connectivity index (χ0) is 20.0. The molecule has 0 radical (unpaired) electrons. The molecule has 1 aliphatic heterocycles. The molecule has 0 N–H and O–H groups in total. The number of carbonyl (C=O) groups excluding carboxylic acids is 3. The molecule has 2 amide bonds. The number of halogens is 1. The third kappa shape index (κ3) is 2.87. The number of carbonyl (C=O) groups is 3. The van der Waals surface area contributed by atoms with Gasteiger partial charge in [-0.05, 0) is 35.0 Å². The molecule has 0 aromatic heterocycles. The number of fused-ring (bicyclic) bond motifs is 1. The Morgan fingerprint density at radius 3 is 2.11 bits per heavy atom. The SMILES string of the molecule is Cc1ccc2c(c1)C(=O)C(=O)N2C(=O)c1cc([N+](=O)[O-])c(Br)c([N+](=O)[O-])c1. The monoisotopic (exact) mass is 433 g/mol. The molecule has 11 heteroatoms. The predicted molar refractivity (Wildman–Crippen MR) is 94.8 cm³/mol. The number of hydrogen-bond acceptors (Lipinski definition) is 7. The van der Waals surface area contributed by atoms with Gasteiger partial charge in [0.15, 0.2) is 4.47 Å².